The number of amides is 2. The predicted octanol–water partition coefficient (Wildman–Crippen LogP) is 4.14. The highest BCUT2D eigenvalue weighted by atomic mass is 32.2. The Morgan fingerprint density at radius 2 is 1.46 bits per heavy atom. The fourth-order valence-electron chi connectivity index (χ4n) is 3.34. The lowest BCUT2D eigenvalue weighted by Crippen LogP contribution is -2.50. The number of hydrogen-bond donors (Lipinski definition) is 4. The van der Waals surface area contributed by atoms with E-state index in [0.717, 1.165) is 26.8 Å². The van der Waals surface area contributed by atoms with Crippen molar-refractivity contribution in [3.63, 3.8) is 0 Å². The number of rotatable bonds is 7. The summed E-state index contributed by atoms with van der Waals surface area (Å²) in [5.74, 6) is 4.98. The third-order valence-electron chi connectivity index (χ3n) is 5.20. The summed E-state index contributed by atoms with van der Waals surface area (Å²) in [5, 5.41) is 14.0. The molecule has 0 aliphatic rings. The summed E-state index contributed by atoms with van der Waals surface area (Å²) in [7, 11) is 0. The zero-order valence-corrected chi connectivity index (χ0v) is 19.5. The van der Waals surface area contributed by atoms with Crippen LogP contribution < -0.4 is 15.5 Å². The summed E-state index contributed by atoms with van der Waals surface area (Å²) in [6.45, 7) is 0.107. The average Bonchev–Trinajstić information content (AvgIpc) is 2.91. The van der Waals surface area contributed by atoms with E-state index in [9.17, 15) is 9.59 Å². The smallest absolute Gasteiger partial charge is 0.267 e. The maximum atomic E-state index is 12.7. The van der Waals surface area contributed by atoms with Gasteiger partial charge in [-0.1, -0.05) is 60.4 Å². The largest absolute Gasteiger partial charge is 0.339 e. The SMILES string of the molecule is O=C(N[C@@H](CNSc1ccc2ccccc2c1)C(=O)NO)c1ccc(C#Cc2ccccc2)cc1. The lowest BCUT2D eigenvalue weighted by molar-refractivity contribution is -0.131. The summed E-state index contributed by atoms with van der Waals surface area (Å²) >= 11 is 1.34. The van der Waals surface area contributed by atoms with E-state index in [2.05, 4.69) is 21.9 Å². The van der Waals surface area contributed by atoms with Crippen LogP contribution in [-0.4, -0.2) is 29.6 Å². The van der Waals surface area contributed by atoms with Crippen molar-refractivity contribution in [1.82, 2.24) is 15.5 Å². The quantitative estimate of drug-likeness (QED) is 0.138. The molecule has 0 saturated heterocycles. The lowest BCUT2D eigenvalue weighted by Gasteiger charge is -2.17. The topological polar surface area (TPSA) is 90.5 Å². The Kier molecular flexibility index (Phi) is 8.15. The molecule has 0 saturated carbocycles. The molecule has 0 heterocycles. The molecule has 174 valence electrons. The number of fused-ring (bicyclic) bond motifs is 1. The Morgan fingerprint density at radius 3 is 2.17 bits per heavy atom. The van der Waals surface area contributed by atoms with Crippen LogP contribution in [0.1, 0.15) is 21.5 Å². The monoisotopic (exact) mass is 481 g/mol. The molecule has 0 fully saturated rings. The van der Waals surface area contributed by atoms with Gasteiger partial charge in [0.1, 0.15) is 6.04 Å². The van der Waals surface area contributed by atoms with Gasteiger partial charge in [-0.3, -0.25) is 19.5 Å². The van der Waals surface area contributed by atoms with Gasteiger partial charge in [-0.05, 0) is 71.3 Å². The number of carbonyl (C=O) groups excluding carboxylic acids is 2. The van der Waals surface area contributed by atoms with Crippen LogP contribution in [0.2, 0.25) is 0 Å². The Morgan fingerprint density at radius 1 is 0.800 bits per heavy atom. The van der Waals surface area contributed by atoms with E-state index in [4.69, 9.17) is 5.21 Å². The first-order valence-corrected chi connectivity index (χ1v) is 11.7. The van der Waals surface area contributed by atoms with Crippen LogP contribution in [0.3, 0.4) is 0 Å². The van der Waals surface area contributed by atoms with Crippen LogP contribution in [0.5, 0.6) is 0 Å². The molecule has 2 amide bonds. The Bertz CT molecular complexity index is 1380. The molecule has 35 heavy (non-hydrogen) atoms. The summed E-state index contributed by atoms with van der Waals surface area (Å²) < 4.78 is 3.09. The van der Waals surface area contributed by atoms with Gasteiger partial charge in [-0.25, -0.2) is 5.48 Å². The third kappa shape index (κ3) is 6.71. The van der Waals surface area contributed by atoms with Gasteiger partial charge in [-0.2, -0.15) is 0 Å². The number of carbonyl (C=O) groups is 2. The second-order valence-corrected chi connectivity index (χ2v) is 8.62. The molecule has 0 aliphatic carbocycles. The molecule has 4 rings (SSSR count). The van der Waals surface area contributed by atoms with Gasteiger partial charge < -0.3 is 5.32 Å². The van der Waals surface area contributed by atoms with Gasteiger partial charge in [0.15, 0.2) is 0 Å². The van der Waals surface area contributed by atoms with Crippen molar-refractivity contribution in [2.75, 3.05) is 6.54 Å². The minimum absolute atomic E-state index is 0.107. The van der Waals surface area contributed by atoms with Crippen molar-refractivity contribution >= 4 is 34.5 Å². The van der Waals surface area contributed by atoms with E-state index >= 15 is 0 Å². The maximum absolute atomic E-state index is 12.7. The van der Waals surface area contributed by atoms with Gasteiger partial charge in [0.05, 0.1) is 0 Å². The van der Waals surface area contributed by atoms with Crippen molar-refractivity contribution in [3.05, 3.63) is 114 Å². The zero-order valence-electron chi connectivity index (χ0n) is 18.7. The van der Waals surface area contributed by atoms with Gasteiger partial charge in [0.2, 0.25) is 0 Å². The summed E-state index contributed by atoms with van der Waals surface area (Å²) in [4.78, 5) is 25.8. The second kappa shape index (κ2) is 11.9. The molecule has 0 unspecified atom stereocenters. The number of nitrogens with one attached hydrogen (secondary N) is 3. The summed E-state index contributed by atoms with van der Waals surface area (Å²) in [5.41, 5.74) is 3.67. The molecular weight excluding hydrogens is 458 g/mol. The zero-order chi connectivity index (χ0) is 24.5. The lowest BCUT2D eigenvalue weighted by atomic mass is 10.1. The number of hydrogen-bond acceptors (Lipinski definition) is 5. The molecule has 0 aliphatic heterocycles. The molecule has 4 N–H and O–H groups in total. The molecule has 0 radical (unpaired) electrons. The molecule has 0 aromatic heterocycles. The molecule has 4 aromatic rings. The highest BCUT2D eigenvalue weighted by Gasteiger charge is 2.21. The first kappa shape index (κ1) is 24.0. The van der Waals surface area contributed by atoms with Gasteiger partial charge in [0, 0.05) is 28.1 Å². The fourth-order valence-corrected chi connectivity index (χ4v) is 4.08. The van der Waals surface area contributed by atoms with Crippen LogP contribution in [-0.2, 0) is 4.79 Å². The van der Waals surface area contributed by atoms with Crippen molar-refractivity contribution in [3.8, 4) is 11.8 Å². The van der Waals surface area contributed by atoms with Crippen molar-refractivity contribution < 1.29 is 14.8 Å². The van der Waals surface area contributed by atoms with Gasteiger partial charge in [-0.15, -0.1) is 0 Å². The fraction of sp³-hybridized carbons (Fsp3) is 0.0714. The van der Waals surface area contributed by atoms with Crippen LogP contribution in [0, 0.1) is 11.8 Å². The molecular formula is C28H23N3O3S. The first-order chi connectivity index (χ1) is 17.1. The molecule has 4 aromatic carbocycles. The van der Waals surface area contributed by atoms with E-state index < -0.39 is 17.9 Å². The van der Waals surface area contributed by atoms with E-state index in [1.807, 2.05) is 72.8 Å². The minimum Gasteiger partial charge on any atom is -0.339 e. The van der Waals surface area contributed by atoms with Crippen LogP contribution in [0.4, 0.5) is 0 Å². The second-order valence-electron chi connectivity index (χ2n) is 7.65. The molecule has 0 spiro atoms. The molecule has 0 bridgehead atoms. The van der Waals surface area contributed by atoms with Crippen LogP contribution in [0.15, 0.2) is 102 Å². The highest BCUT2D eigenvalue weighted by Crippen LogP contribution is 2.21. The minimum atomic E-state index is -0.974. The van der Waals surface area contributed by atoms with Crippen LogP contribution >= 0.6 is 11.9 Å². The third-order valence-corrected chi connectivity index (χ3v) is 6.00. The van der Waals surface area contributed by atoms with Gasteiger partial charge in [0.25, 0.3) is 11.8 Å². The van der Waals surface area contributed by atoms with E-state index in [1.165, 1.54) is 11.9 Å². The van der Waals surface area contributed by atoms with Gasteiger partial charge >= 0.3 is 0 Å². The standard InChI is InChI=1S/C28H23N3O3S/c32-27(23-14-12-21(13-15-23)11-10-20-6-2-1-3-7-20)30-26(28(33)31-34)19-29-35-25-17-16-22-8-4-5-9-24(22)18-25/h1-9,12-18,26,29,34H,19H2,(H,30,32)(H,31,33)/t26-/m0/s1. The van der Waals surface area contributed by atoms with E-state index in [1.54, 1.807) is 29.7 Å². The predicted molar refractivity (Wildman–Crippen MR) is 138 cm³/mol. The first-order valence-electron chi connectivity index (χ1n) is 10.9. The molecule has 6 nitrogen and oxygen atoms in total. The van der Waals surface area contributed by atoms with Crippen molar-refractivity contribution in [1.29, 1.82) is 0 Å². The van der Waals surface area contributed by atoms with E-state index in [0.29, 0.717) is 5.56 Å². The number of hydroxylamine groups is 1. The maximum Gasteiger partial charge on any atom is 0.267 e. The van der Waals surface area contributed by atoms with Crippen molar-refractivity contribution in [2.24, 2.45) is 0 Å². The van der Waals surface area contributed by atoms with Crippen molar-refractivity contribution in [2.45, 2.75) is 10.9 Å². The number of benzene rings is 4. The summed E-state index contributed by atoms with van der Waals surface area (Å²) in [6.07, 6.45) is 0. The Hall–Kier alpha value is -4.09. The average molecular weight is 482 g/mol. The highest BCUT2D eigenvalue weighted by molar-refractivity contribution is 7.97. The normalized spacial score (nSPS) is 11.2. The summed E-state index contributed by atoms with van der Waals surface area (Å²) in [6, 6.07) is 29.5. The van der Waals surface area contributed by atoms with Crippen LogP contribution in [0.25, 0.3) is 10.8 Å². The van der Waals surface area contributed by atoms with E-state index in [-0.39, 0.29) is 6.54 Å². The Labute approximate surface area is 207 Å². The molecule has 7 heteroatoms. The molecule has 1 atom stereocenters. The Balaban J connectivity index is 1.35.